The molecule has 2 aromatic rings. The van der Waals surface area contributed by atoms with E-state index >= 15 is 0 Å². The van der Waals surface area contributed by atoms with Crippen LogP contribution in [0.4, 0.5) is 5.69 Å². The smallest absolute Gasteiger partial charge is 0.490 e. The number of benzene rings is 1. The van der Waals surface area contributed by atoms with Crippen LogP contribution in [0.2, 0.25) is 0 Å². The predicted molar refractivity (Wildman–Crippen MR) is 105 cm³/mol. The summed E-state index contributed by atoms with van der Waals surface area (Å²) in [6.45, 7) is 0.870. The fourth-order valence-electron chi connectivity index (χ4n) is 4.33. The van der Waals surface area contributed by atoms with Crippen molar-refractivity contribution < 1.29 is 52.2 Å². The SMILES string of the molecule is CO[C@@H]1COc2c([S-](=O)=O)cnn2C1.O=[C-]Nc1c2c(cc3c1CCC3)CCC2.[Na+]. The summed E-state index contributed by atoms with van der Waals surface area (Å²) in [5, 5.41) is 6.70. The summed E-state index contributed by atoms with van der Waals surface area (Å²) in [6.07, 6.45) is 10.1. The maximum atomic E-state index is 10.7. The van der Waals surface area contributed by atoms with Crippen LogP contribution in [0, 0.1) is 0 Å². The van der Waals surface area contributed by atoms with Gasteiger partial charge in [-0.05, 0) is 49.2 Å². The van der Waals surface area contributed by atoms with Gasteiger partial charge in [0.15, 0.2) is 5.88 Å². The van der Waals surface area contributed by atoms with E-state index in [0.717, 1.165) is 18.5 Å². The molecule has 0 spiro atoms. The molecule has 1 atom stereocenters. The van der Waals surface area contributed by atoms with E-state index in [2.05, 4.69) is 16.5 Å². The number of fused-ring (bicyclic) bond motifs is 3. The molecule has 1 aliphatic heterocycles. The third kappa shape index (κ3) is 4.60. The number of hydrogen-bond donors (Lipinski definition) is 1. The Morgan fingerprint density at radius 1 is 1.20 bits per heavy atom. The second-order valence-electron chi connectivity index (χ2n) is 7.36. The number of ether oxygens (including phenoxy) is 2. The number of hydrogen-bond acceptors (Lipinski definition) is 7. The summed E-state index contributed by atoms with van der Waals surface area (Å²) in [5.74, 6) is 0.298. The topological polar surface area (TPSA) is 99.5 Å². The van der Waals surface area contributed by atoms with Gasteiger partial charge in [-0.3, -0.25) is 0 Å². The number of nitrogens with one attached hydrogen (secondary N) is 1. The van der Waals surface area contributed by atoms with E-state index in [1.165, 1.54) is 58.8 Å². The maximum absolute atomic E-state index is 10.7. The first-order valence-corrected chi connectivity index (χ1v) is 10.8. The molecule has 0 fully saturated rings. The molecule has 0 unspecified atom stereocenters. The van der Waals surface area contributed by atoms with Gasteiger partial charge in [-0.25, -0.2) is 4.68 Å². The van der Waals surface area contributed by atoms with E-state index < -0.39 is 10.7 Å². The van der Waals surface area contributed by atoms with Crippen LogP contribution in [0.15, 0.2) is 17.2 Å². The van der Waals surface area contributed by atoms with Crippen LogP contribution in [0.5, 0.6) is 5.88 Å². The van der Waals surface area contributed by atoms with Crippen molar-refractivity contribution in [3.05, 3.63) is 34.5 Å². The molecule has 2 heterocycles. The van der Waals surface area contributed by atoms with E-state index in [9.17, 15) is 13.2 Å². The van der Waals surface area contributed by atoms with Gasteiger partial charge in [0.05, 0.1) is 13.0 Å². The molecule has 156 valence electrons. The second kappa shape index (κ2) is 10.3. The van der Waals surface area contributed by atoms with Crippen molar-refractivity contribution in [2.24, 2.45) is 0 Å². The summed E-state index contributed by atoms with van der Waals surface area (Å²) < 4.78 is 33.2. The maximum Gasteiger partial charge on any atom is 1.00 e. The standard InChI is InChI=1S/C13H14NO.C7H9N2O4S.Na/c15-8-14-13-11-5-1-3-9(11)7-10-4-2-6-12(10)13;1-12-5-3-9-7(13-4-5)6(2-8-9)14(10)11;/h7H,1-6H2,(H,14,15);2,5H,3-4H2,1H3;/q2*-1;+1/t;5-;/m.0./s1. The number of amides is 1. The van der Waals surface area contributed by atoms with E-state index in [-0.39, 0.29) is 40.6 Å². The second-order valence-corrected chi connectivity index (χ2v) is 8.27. The van der Waals surface area contributed by atoms with Gasteiger partial charge in [-0.15, -0.1) is 16.8 Å². The molecule has 1 aromatic carbocycles. The van der Waals surface area contributed by atoms with Gasteiger partial charge in [-0.1, -0.05) is 17.2 Å². The molecule has 0 radical (unpaired) electrons. The Morgan fingerprint density at radius 3 is 2.43 bits per heavy atom. The fraction of sp³-hybridized carbons (Fsp3) is 0.500. The number of nitrogens with zero attached hydrogens (tertiary/aromatic N) is 2. The zero-order valence-corrected chi connectivity index (χ0v) is 20.0. The molecule has 5 rings (SSSR count). The Kier molecular flexibility index (Phi) is 7.98. The van der Waals surface area contributed by atoms with Crippen LogP contribution >= 0.6 is 0 Å². The molecule has 0 saturated carbocycles. The van der Waals surface area contributed by atoms with E-state index in [4.69, 9.17) is 9.47 Å². The fourth-order valence-corrected chi connectivity index (χ4v) is 4.77. The third-order valence-electron chi connectivity index (χ3n) is 5.70. The van der Waals surface area contributed by atoms with Crippen molar-refractivity contribution in [1.29, 1.82) is 0 Å². The van der Waals surface area contributed by atoms with Gasteiger partial charge in [0.1, 0.15) is 12.7 Å². The minimum Gasteiger partial charge on any atom is -0.490 e. The molecular formula is C20H23N3NaO5S-. The van der Waals surface area contributed by atoms with Crippen molar-refractivity contribution in [3.8, 4) is 5.88 Å². The summed E-state index contributed by atoms with van der Waals surface area (Å²) in [4.78, 5) is 10.6. The van der Waals surface area contributed by atoms with Gasteiger partial charge in [0, 0.05) is 18.2 Å². The molecular weight excluding hydrogens is 417 g/mol. The van der Waals surface area contributed by atoms with Crippen molar-refractivity contribution in [3.63, 3.8) is 0 Å². The summed E-state index contributed by atoms with van der Waals surface area (Å²) in [5.41, 5.74) is 6.74. The van der Waals surface area contributed by atoms with Crippen molar-refractivity contribution >= 4 is 22.8 Å². The van der Waals surface area contributed by atoms with Crippen LogP contribution in [0.1, 0.15) is 35.1 Å². The van der Waals surface area contributed by atoms with Gasteiger partial charge < -0.3 is 28.0 Å². The molecule has 2 aliphatic carbocycles. The van der Waals surface area contributed by atoms with Crippen molar-refractivity contribution in [2.75, 3.05) is 19.0 Å². The monoisotopic (exact) mass is 440 g/mol. The number of rotatable bonds is 4. The molecule has 8 nitrogen and oxygen atoms in total. The minimum absolute atomic E-state index is 0. The van der Waals surface area contributed by atoms with Crippen LogP contribution < -0.4 is 39.6 Å². The Morgan fingerprint density at radius 2 is 1.87 bits per heavy atom. The molecule has 0 bridgehead atoms. The molecule has 0 saturated heterocycles. The first kappa shape index (κ1) is 23.3. The summed E-state index contributed by atoms with van der Waals surface area (Å²) >= 11 is 0. The third-order valence-corrected chi connectivity index (χ3v) is 6.34. The summed E-state index contributed by atoms with van der Waals surface area (Å²) in [6, 6.07) is 2.36. The predicted octanol–water partition coefficient (Wildman–Crippen LogP) is -0.894. The molecule has 3 aliphatic rings. The van der Waals surface area contributed by atoms with Crippen LogP contribution in [0.25, 0.3) is 0 Å². The average Bonchev–Trinajstić information content (AvgIpc) is 3.46. The first-order valence-electron chi connectivity index (χ1n) is 9.72. The summed E-state index contributed by atoms with van der Waals surface area (Å²) in [7, 11) is -0.721. The van der Waals surface area contributed by atoms with E-state index in [0.29, 0.717) is 19.0 Å². The number of aryl methyl sites for hydroxylation is 2. The van der Waals surface area contributed by atoms with Gasteiger partial charge in [-0.2, -0.15) is 5.10 Å². The Labute approximate surface area is 199 Å². The molecule has 1 amide bonds. The zero-order chi connectivity index (χ0) is 20.4. The molecule has 1 N–H and O–H groups in total. The number of methoxy groups -OCH3 is 1. The molecule has 10 heteroatoms. The van der Waals surface area contributed by atoms with Gasteiger partial charge in [0.25, 0.3) is 0 Å². The number of anilines is 1. The van der Waals surface area contributed by atoms with E-state index in [1.54, 1.807) is 7.11 Å². The minimum atomic E-state index is -2.30. The number of carbonyl (C=O) groups excluding carboxylic acids is 1. The normalized spacial score (nSPS) is 18.3. The van der Waals surface area contributed by atoms with Crippen LogP contribution in [-0.4, -0.2) is 36.0 Å². The van der Waals surface area contributed by atoms with Gasteiger partial charge >= 0.3 is 29.6 Å². The Hall–Kier alpha value is -1.39. The Balaban J connectivity index is 0.000000166. The largest absolute Gasteiger partial charge is 1.00 e. The average molecular weight is 440 g/mol. The quantitative estimate of drug-likeness (QED) is 0.287. The Bertz CT molecular complexity index is 965. The molecule has 30 heavy (non-hydrogen) atoms. The van der Waals surface area contributed by atoms with Gasteiger partial charge in [0.2, 0.25) is 0 Å². The van der Waals surface area contributed by atoms with Crippen LogP contribution in [-0.2, 0) is 60.9 Å². The van der Waals surface area contributed by atoms with Crippen molar-refractivity contribution in [2.45, 2.75) is 56.1 Å². The first-order chi connectivity index (χ1) is 14.1. The van der Waals surface area contributed by atoms with Crippen LogP contribution in [0.3, 0.4) is 0 Å². The van der Waals surface area contributed by atoms with Crippen molar-refractivity contribution in [1.82, 2.24) is 9.78 Å². The zero-order valence-electron chi connectivity index (χ0n) is 17.2. The van der Waals surface area contributed by atoms with E-state index in [1.807, 2.05) is 6.41 Å². The molecule has 1 aromatic heterocycles. The number of aromatic nitrogens is 2.